The lowest BCUT2D eigenvalue weighted by Gasteiger charge is -2.39. The molecule has 0 spiro atoms. The van der Waals surface area contributed by atoms with E-state index in [-0.39, 0.29) is 0 Å². The molecular weight excluding hydrogens is 150 g/mol. The topological polar surface area (TPSA) is 21.3 Å². The normalized spacial score (nSPS) is 28.8. The molecule has 1 saturated heterocycles. The van der Waals surface area contributed by atoms with Crippen LogP contribution in [-0.4, -0.2) is 19.4 Å². The maximum absolute atomic E-state index is 5.71. The molecule has 1 aliphatic heterocycles. The highest BCUT2D eigenvalue weighted by atomic mass is 16.5. The first-order valence-electron chi connectivity index (χ1n) is 5.11. The highest BCUT2D eigenvalue weighted by Crippen LogP contribution is 2.29. The van der Waals surface area contributed by atoms with Crippen LogP contribution in [0.2, 0.25) is 0 Å². The van der Waals surface area contributed by atoms with Crippen molar-refractivity contribution < 1.29 is 4.74 Å². The van der Waals surface area contributed by atoms with Gasteiger partial charge in [-0.3, -0.25) is 5.32 Å². The van der Waals surface area contributed by atoms with Gasteiger partial charge in [0.05, 0.1) is 6.61 Å². The fourth-order valence-corrected chi connectivity index (χ4v) is 1.68. The van der Waals surface area contributed by atoms with Crippen LogP contribution in [0.15, 0.2) is 0 Å². The molecular formula is C10H21NO. The van der Waals surface area contributed by atoms with E-state index < -0.39 is 0 Å². The van der Waals surface area contributed by atoms with Crippen molar-refractivity contribution in [3.8, 4) is 0 Å². The van der Waals surface area contributed by atoms with Crippen molar-refractivity contribution in [2.45, 2.75) is 46.3 Å². The third-order valence-corrected chi connectivity index (χ3v) is 3.17. The molecule has 0 amide bonds. The molecule has 0 aromatic carbocycles. The van der Waals surface area contributed by atoms with Gasteiger partial charge in [0.2, 0.25) is 0 Å². The van der Waals surface area contributed by atoms with E-state index in [0.717, 1.165) is 19.6 Å². The molecule has 1 N–H and O–H groups in total. The lowest BCUT2D eigenvalue weighted by atomic mass is 9.82. The third-order valence-electron chi connectivity index (χ3n) is 3.17. The highest BCUT2D eigenvalue weighted by Gasteiger charge is 2.31. The van der Waals surface area contributed by atoms with Crippen molar-refractivity contribution in [1.29, 1.82) is 0 Å². The molecule has 1 heterocycles. The fourth-order valence-electron chi connectivity index (χ4n) is 1.68. The summed E-state index contributed by atoms with van der Waals surface area (Å²) in [6, 6.07) is 0. The molecule has 1 unspecified atom stereocenters. The maximum atomic E-state index is 5.71. The first-order chi connectivity index (χ1) is 5.76. The van der Waals surface area contributed by atoms with Crippen molar-refractivity contribution in [3.63, 3.8) is 0 Å². The molecule has 72 valence electrons. The van der Waals surface area contributed by atoms with Gasteiger partial charge in [0.1, 0.15) is 6.23 Å². The molecule has 1 rings (SSSR count). The van der Waals surface area contributed by atoms with Crippen LogP contribution in [0, 0.1) is 5.41 Å². The first-order valence-corrected chi connectivity index (χ1v) is 5.11. The SMILES string of the molecule is CCC1NCC(CC)(CC)CO1. The van der Waals surface area contributed by atoms with E-state index in [0.29, 0.717) is 11.6 Å². The standard InChI is InChI=1S/C10H21NO/c1-4-9-11-7-10(5-2,6-3)8-12-9/h9,11H,4-8H2,1-3H3. The van der Waals surface area contributed by atoms with Gasteiger partial charge in [0, 0.05) is 12.0 Å². The molecule has 0 saturated carbocycles. The number of hydrogen-bond donors (Lipinski definition) is 1. The van der Waals surface area contributed by atoms with Gasteiger partial charge < -0.3 is 4.74 Å². The summed E-state index contributed by atoms with van der Waals surface area (Å²) in [5.74, 6) is 0. The molecule has 1 atom stereocenters. The van der Waals surface area contributed by atoms with Gasteiger partial charge in [0.25, 0.3) is 0 Å². The average molecular weight is 171 g/mol. The number of nitrogens with one attached hydrogen (secondary N) is 1. The minimum atomic E-state index is 0.302. The summed E-state index contributed by atoms with van der Waals surface area (Å²) in [5.41, 5.74) is 0.408. The second-order valence-corrected chi connectivity index (χ2v) is 3.80. The van der Waals surface area contributed by atoms with E-state index in [4.69, 9.17) is 4.74 Å². The van der Waals surface area contributed by atoms with Gasteiger partial charge in [-0.25, -0.2) is 0 Å². The fraction of sp³-hybridized carbons (Fsp3) is 1.00. The van der Waals surface area contributed by atoms with Crippen LogP contribution >= 0.6 is 0 Å². The molecule has 0 bridgehead atoms. The Kier molecular flexibility index (Phi) is 3.53. The van der Waals surface area contributed by atoms with Crippen LogP contribution in [0.4, 0.5) is 0 Å². The average Bonchev–Trinajstić information content (AvgIpc) is 2.18. The van der Waals surface area contributed by atoms with E-state index in [2.05, 4.69) is 26.1 Å². The second-order valence-electron chi connectivity index (χ2n) is 3.80. The zero-order chi connectivity index (χ0) is 9.03. The van der Waals surface area contributed by atoms with Crippen LogP contribution in [-0.2, 0) is 4.74 Å². The van der Waals surface area contributed by atoms with Gasteiger partial charge in [-0.1, -0.05) is 20.8 Å². The van der Waals surface area contributed by atoms with Crippen LogP contribution in [0.25, 0.3) is 0 Å². The Morgan fingerprint density at radius 1 is 1.33 bits per heavy atom. The summed E-state index contributed by atoms with van der Waals surface area (Å²) < 4.78 is 5.71. The van der Waals surface area contributed by atoms with Crippen LogP contribution in [0.3, 0.4) is 0 Å². The van der Waals surface area contributed by atoms with Gasteiger partial charge in [-0.2, -0.15) is 0 Å². The minimum absolute atomic E-state index is 0.302. The molecule has 2 nitrogen and oxygen atoms in total. The Balaban J connectivity index is 2.42. The molecule has 1 fully saturated rings. The summed E-state index contributed by atoms with van der Waals surface area (Å²) in [4.78, 5) is 0. The summed E-state index contributed by atoms with van der Waals surface area (Å²) >= 11 is 0. The van der Waals surface area contributed by atoms with E-state index in [9.17, 15) is 0 Å². The van der Waals surface area contributed by atoms with Crippen molar-refractivity contribution >= 4 is 0 Å². The molecule has 0 aromatic rings. The van der Waals surface area contributed by atoms with Gasteiger partial charge in [-0.05, 0) is 19.3 Å². The molecule has 12 heavy (non-hydrogen) atoms. The van der Waals surface area contributed by atoms with Gasteiger partial charge >= 0.3 is 0 Å². The smallest absolute Gasteiger partial charge is 0.107 e. The quantitative estimate of drug-likeness (QED) is 0.702. The van der Waals surface area contributed by atoms with Crippen LogP contribution in [0.5, 0.6) is 0 Å². The van der Waals surface area contributed by atoms with Gasteiger partial charge in [0.15, 0.2) is 0 Å². The Hall–Kier alpha value is -0.0800. The Morgan fingerprint density at radius 3 is 2.33 bits per heavy atom. The highest BCUT2D eigenvalue weighted by molar-refractivity contribution is 4.83. The number of ether oxygens (including phenoxy) is 1. The Bertz CT molecular complexity index is 122. The number of hydrogen-bond acceptors (Lipinski definition) is 2. The summed E-state index contributed by atoms with van der Waals surface area (Å²) in [6.07, 6.45) is 3.81. The zero-order valence-corrected chi connectivity index (χ0v) is 8.52. The first kappa shape index (κ1) is 10.0. The zero-order valence-electron chi connectivity index (χ0n) is 8.52. The summed E-state index contributed by atoms with van der Waals surface area (Å²) in [6.45, 7) is 8.72. The van der Waals surface area contributed by atoms with E-state index >= 15 is 0 Å². The summed E-state index contributed by atoms with van der Waals surface area (Å²) in [5, 5.41) is 3.44. The molecule has 1 aliphatic rings. The van der Waals surface area contributed by atoms with Crippen molar-refractivity contribution in [3.05, 3.63) is 0 Å². The monoisotopic (exact) mass is 171 g/mol. The predicted octanol–water partition coefficient (Wildman–Crippen LogP) is 2.15. The Labute approximate surface area is 75.7 Å². The molecule has 0 aromatic heterocycles. The third kappa shape index (κ3) is 1.99. The van der Waals surface area contributed by atoms with Crippen molar-refractivity contribution in [2.75, 3.05) is 13.2 Å². The molecule has 2 heteroatoms. The second kappa shape index (κ2) is 4.24. The Morgan fingerprint density at radius 2 is 2.00 bits per heavy atom. The van der Waals surface area contributed by atoms with Crippen molar-refractivity contribution in [1.82, 2.24) is 5.32 Å². The lowest BCUT2D eigenvalue weighted by molar-refractivity contribution is -0.0746. The summed E-state index contributed by atoms with van der Waals surface area (Å²) in [7, 11) is 0. The largest absolute Gasteiger partial charge is 0.363 e. The lowest BCUT2D eigenvalue weighted by Crippen LogP contribution is -2.49. The molecule has 0 radical (unpaired) electrons. The van der Waals surface area contributed by atoms with E-state index in [1.165, 1.54) is 12.8 Å². The van der Waals surface area contributed by atoms with Gasteiger partial charge in [-0.15, -0.1) is 0 Å². The van der Waals surface area contributed by atoms with E-state index in [1.807, 2.05) is 0 Å². The molecule has 0 aliphatic carbocycles. The predicted molar refractivity (Wildman–Crippen MR) is 51.0 cm³/mol. The van der Waals surface area contributed by atoms with E-state index in [1.54, 1.807) is 0 Å². The van der Waals surface area contributed by atoms with Crippen LogP contribution in [0.1, 0.15) is 40.0 Å². The minimum Gasteiger partial charge on any atom is -0.363 e. The number of rotatable bonds is 3. The van der Waals surface area contributed by atoms with Crippen molar-refractivity contribution in [2.24, 2.45) is 5.41 Å². The maximum Gasteiger partial charge on any atom is 0.107 e. The van der Waals surface area contributed by atoms with Crippen LogP contribution < -0.4 is 5.32 Å².